The molecule has 0 saturated heterocycles. The minimum absolute atomic E-state index is 0.0488. The smallest absolute Gasteiger partial charge is 0.259 e. The Balaban J connectivity index is 2.65. The van der Waals surface area contributed by atoms with Gasteiger partial charge in [0.05, 0.1) is 6.33 Å². The monoisotopic (exact) mass is 265 g/mol. The van der Waals surface area contributed by atoms with Gasteiger partial charge in [-0.3, -0.25) is 0 Å². The number of aromatic nitrogens is 2. The SMILES string of the molecule is CC(CCCCl)NS(=O)(=O)c1cn(C)cn1. The average molecular weight is 266 g/mol. The normalized spacial score (nSPS) is 13.9. The number of imidazole rings is 1. The van der Waals surface area contributed by atoms with Crippen LogP contribution in [0.1, 0.15) is 19.8 Å². The van der Waals surface area contributed by atoms with Gasteiger partial charge >= 0.3 is 0 Å². The van der Waals surface area contributed by atoms with Gasteiger partial charge in [-0.25, -0.2) is 18.1 Å². The Morgan fingerprint density at radius 3 is 2.81 bits per heavy atom. The Hall–Kier alpha value is -0.590. The highest BCUT2D eigenvalue weighted by Gasteiger charge is 2.19. The predicted molar refractivity (Wildman–Crippen MR) is 62.9 cm³/mol. The molecule has 16 heavy (non-hydrogen) atoms. The second kappa shape index (κ2) is 5.65. The molecular weight excluding hydrogens is 250 g/mol. The molecule has 5 nitrogen and oxygen atoms in total. The first kappa shape index (κ1) is 13.5. The zero-order chi connectivity index (χ0) is 12.2. The van der Waals surface area contributed by atoms with E-state index in [-0.39, 0.29) is 11.1 Å². The van der Waals surface area contributed by atoms with Crippen LogP contribution in [-0.4, -0.2) is 29.9 Å². The number of hydrogen-bond acceptors (Lipinski definition) is 3. The maximum absolute atomic E-state index is 11.8. The van der Waals surface area contributed by atoms with Crippen molar-refractivity contribution in [1.82, 2.24) is 14.3 Å². The lowest BCUT2D eigenvalue weighted by molar-refractivity contribution is 0.542. The minimum atomic E-state index is -3.49. The van der Waals surface area contributed by atoms with E-state index >= 15 is 0 Å². The van der Waals surface area contributed by atoms with Gasteiger partial charge in [-0.1, -0.05) is 0 Å². The van der Waals surface area contributed by atoms with Gasteiger partial charge < -0.3 is 4.57 Å². The van der Waals surface area contributed by atoms with Crippen molar-refractivity contribution in [1.29, 1.82) is 0 Å². The molecule has 0 aromatic carbocycles. The molecule has 0 aliphatic carbocycles. The van der Waals surface area contributed by atoms with E-state index in [0.29, 0.717) is 5.88 Å². The molecule has 0 bridgehead atoms. The van der Waals surface area contributed by atoms with E-state index < -0.39 is 10.0 Å². The van der Waals surface area contributed by atoms with Gasteiger partial charge in [0.25, 0.3) is 10.0 Å². The predicted octanol–water partition coefficient (Wildman–Crippen LogP) is 1.11. The van der Waals surface area contributed by atoms with E-state index in [1.807, 2.05) is 6.92 Å². The van der Waals surface area contributed by atoms with Crippen LogP contribution in [0, 0.1) is 0 Å². The molecule has 0 aliphatic rings. The molecule has 0 saturated carbocycles. The van der Waals surface area contributed by atoms with Crippen LogP contribution in [0.5, 0.6) is 0 Å². The van der Waals surface area contributed by atoms with E-state index in [1.54, 1.807) is 11.6 Å². The molecule has 0 spiro atoms. The highest BCUT2D eigenvalue weighted by Crippen LogP contribution is 2.07. The summed E-state index contributed by atoms with van der Waals surface area (Å²) in [6.07, 6.45) is 4.43. The zero-order valence-corrected chi connectivity index (χ0v) is 10.9. The molecule has 1 aromatic heterocycles. The Labute approximate surface area is 101 Å². The Morgan fingerprint density at radius 1 is 1.62 bits per heavy atom. The lowest BCUT2D eigenvalue weighted by atomic mass is 10.2. The number of hydrogen-bond donors (Lipinski definition) is 1. The van der Waals surface area contributed by atoms with Crippen molar-refractivity contribution >= 4 is 21.6 Å². The highest BCUT2D eigenvalue weighted by molar-refractivity contribution is 7.89. The van der Waals surface area contributed by atoms with Crippen molar-refractivity contribution in [2.75, 3.05) is 5.88 Å². The van der Waals surface area contributed by atoms with Gasteiger partial charge in [0.1, 0.15) is 0 Å². The molecule has 92 valence electrons. The van der Waals surface area contributed by atoms with Crippen LogP contribution in [0.25, 0.3) is 0 Å². The van der Waals surface area contributed by atoms with E-state index in [4.69, 9.17) is 11.6 Å². The number of nitrogens with one attached hydrogen (secondary N) is 1. The first-order valence-electron chi connectivity index (χ1n) is 5.02. The summed E-state index contributed by atoms with van der Waals surface area (Å²) in [5, 5.41) is 0.0488. The van der Waals surface area contributed by atoms with E-state index in [9.17, 15) is 8.42 Å². The molecule has 0 radical (unpaired) electrons. The largest absolute Gasteiger partial charge is 0.339 e. The Morgan fingerprint density at radius 2 is 2.31 bits per heavy atom. The molecule has 0 fully saturated rings. The third-order valence-electron chi connectivity index (χ3n) is 2.08. The number of halogens is 1. The van der Waals surface area contributed by atoms with Crippen LogP contribution in [0.15, 0.2) is 17.6 Å². The van der Waals surface area contributed by atoms with Crippen molar-refractivity contribution in [3.05, 3.63) is 12.5 Å². The Kier molecular flexibility index (Phi) is 4.76. The summed E-state index contributed by atoms with van der Waals surface area (Å²) < 4.78 is 27.8. The van der Waals surface area contributed by atoms with Gasteiger partial charge in [0.2, 0.25) is 0 Å². The third-order valence-corrected chi connectivity index (χ3v) is 3.83. The fourth-order valence-corrected chi connectivity index (χ4v) is 2.71. The second-order valence-corrected chi connectivity index (χ2v) is 5.77. The number of nitrogens with zero attached hydrogens (tertiary/aromatic N) is 2. The van der Waals surface area contributed by atoms with Crippen LogP contribution in [-0.2, 0) is 17.1 Å². The van der Waals surface area contributed by atoms with Crippen molar-refractivity contribution in [3.8, 4) is 0 Å². The fourth-order valence-electron chi connectivity index (χ4n) is 1.30. The quantitative estimate of drug-likeness (QED) is 0.784. The summed E-state index contributed by atoms with van der Waals surface area (Å²) in [5.41, 5.74) is 0. The van der Waals surface area contributed by atoms with Crippen molar-refractivity contribution in [2.24, 2.45) is 7.05 Å². The summed E-state index contributed by atoms with van der Waals surface area (Å²) in [5.74, 6) is 0.537. The molecule has 1 aromatic rings. The summed E-state index contributed by atoms with van der Waals surface area (Å²) in [4.78, 5) is 3.81. The van der Waals surface area contributed by atoms with Crippen LogP contribution < -0.4 is 4.72 Å². The number of rotatable bonds is 6. The minimum Gasteiger partial charge on any atom is -0.339 e. The number of sulfonamides is 1. The van der Waals surface area contributed by atoms with E-state index in [1.165, 1.54) is 12.5 Å². The van der Waals surface area contributed by atoms with Crippen LogP contribution in [0.3, 0.4) is 0 Å². The molecular formula is C9H16ClN3O2S. The number of aryl methyl sites for hydroxylation is 1. The van der Waals surface area contributed by atoms with Crippen molar-refractivity contribution in [3.63, 3.8) is 0 Å². The fraction of sp³-hybridized carbons (Fsp3) is 0.667. The number of alkyl halides is 1. The third kappa shape index (κ3) is 3.77. The van der Waals surface area contributed by atoms with Gasteiger partial charge in [-0.2, -0.15) is 0 Å². The second-order valence-electron chi connectivity index (χ2n) is 3.73. The maximum Gasteiger partial charge on any atom is 0.259 e. The summed E-state index contributed by atoms with van der Waals surface area (Å²) >= 11 is 5.54. The van der Waals surface area contributed by atoms with E-state index in [0.717, 1.165) is 12.8 Å². The van der Waals surface area contributed by atoms with Crippen LogP contribution >= 0.6 is 11.6 Å². The van der Waals surface area contributed by atoms with Crippen LogP contribution in [0.2, 0.25) is 0 Å². The van der Waals surface area contributed by atoms with Gasteiger partial charge in [-0.15, -0.1) is 11.6 Å². The summed E-state index contributed by atoms with van der Waals surface area (Å²) in [6, 6.07) is -0.134. The molecule has 0 amide bonds. The molecule has 1 rings (SSSR count). The van der Waals surface area contributed by atoms with Crippen LogP contribution in [0.4, 0.5) is 0 Å². The first-order chi connectivity index (χ1) is 7.45. The summed E-state index contributed by atoms with van der Waals surface area (Å²) in [6.45, 7) is 1.81. The molecule has 1 atom stereocenters. The molecule has 0 aliphatic heterocycles. The lowest BCUT2D eigenvalue weighted by Gasteiger charge is -2.11. The topological polar surface area (TPSA) is 64.0 Å². The average Bonchev–Trinajstić information content (AvgIpc) is 2.62. The van der Waals surface area contributed by atoms with Gasteiger partial charge in [0, 0.05) is 25.2 Å². The van der Waals surface area contributed by atoms with Crippen molar-refractivity contribution < 1.29 is 8.42 Å². The lowest BCUT2D eigenvalue weighted by Crippen LogP contribution is -2.32. The maximum atomic E-state index is 11.8. The zero-order valence-electron chi connectivity index (χ0n) is 9.35. The highest BCUT2D eigenvalue weighted by atomic mass is 35.5. The molecule has 1 unspecified atom stereocenters. The molecule has 7 heteroatoms. The summed E-state index contributed by atoms with van der Waals surface area (Å²) in [7, 11) is -1.77. The Bertz CT molecular complexity index is 430. The molecule has 1 N–H and O–H groups in total. The van der Waals surface area contributed by atoms with E-state index in [2.05, 4.69) is 9.71 Å². The first-order valence-corrected chi connectivity index (χ1v) is 7.03. The van der Waals surface area contributed by atoms with Gasteiger partial charge in [0.15, 0.2) is 5.03 Å². The molecule has 1 heterocycles. The van der Waals surface area contributed by atoms with Gasteiger partial charge in [-0.05, 0) is 19.8 Å². The standard InChI is InChI=1S/C9H16ClN3O2S/c1-8(4-3-5-10)12-16(14,15)9-6-13(2)7-11-9/h6-8,12H,3-5H2,1-2H3. The van der Waals surface area contributed by atoms with Crippen molar-refractivity contribution in [2.45, 2.75) is 30.8 Å².